The van der Waals surface area contributed by atoms with Gasteiger partial charge in [-0.05, 0) is 92.6 Å². The number of rotatable bonds is 12. The summed E-state index contributed by atoms with van der Waals surface area (Å²) in [7, 11) is -1.48. The Morgan fingerprint density at radius 3 is 2.24 bits per heavy atom. The molecule has 4 atom stereocenters. The fourth-order valence-corrected chi connectivity index (χ4v) is 12.7. The highest BCUT2D eigenvalue weighted by Gasteiger charge is 2.66. The van der Waals surface area contributed by atoms with Crippen LogP contribution in [-0.4, -0.2) is 92.5 Å². The number of nitrogens with zero attached hydrogens (tertiary/aromatic N) is 4. The summed E-state index contributed by atoms with van der Waals surface area (Å²) in [6, 6.07) is 33.2. The zero-order valence-electron chi connectivity index (χ0n) is 34.3. The van der Waals surface area contributed by atoms with Crippen molar-refractivity contribution in [2.24, 2.45) is 5.92 Å². The van der Waals surface area contributed by atoms with Crippen molar-refractivity contribution in [1.29, 1.82) is 0 Å². The normalized spacial score (nSPS) is 23.7. The molecule has 2 spiro atoms. The summed E-state index contributed by atoms with van der Waals surface area (Å²) < 4.78 is 12.6. The Balaban J connectivity index is 1.07. The van der Waals surface area contributed by atoms with Gasteiger partial charge in [0.15, 0.2) is 13.9 Å². The maximum absolute atomic E-state index is 15.1. The van der Waals surface area contributed by atoms with Crippen molar-refractivity contribution in [3.63, 3.8) is 0 Å². The molecule has 0 radical (unpaired) electrons. The van der Waals surface area contributed by atoms with Gasteiger partial charge in [0.2, 0.25) is 5.91 Å². The van der Waals surface area contributed by atoms with Crippen LogP contribution in [0.15, 0.2) is 103 Å². The average molecular weight is 818 g/mol. The van der Waals surface area contributed by atoms with Crippen LogP contribution in [0.3, 0.4) is 0 Å². The minimum Gasteiger partial charge on any atom is -0.497 e. The lowest BCUT2D eigenvalue weighted by atomic mass is 9.82. The van der Waals surface area contributed by atoms with Crippen molar-refractivity contribution in [2.45, 2.75) is 75.2 Å². The summed E-state index contributed by atoms with van der Waals surface area (Å²) in [5, 5.41) is 13.3. The molecule has 4 aliphatic rings. The molecular formula is C46H55N5O7Si. The molecule has 310 valence electrons. The number of carbonyl (C=O) groups excluding carboxylic acids is 3. The number of amides is 3. The highest BCUT2D eigenvalue weighted by molar-refractivity contribution is 6.71. The van der Waals surface area contributed by atoms with Crippen molar-refractivity contribution in [1.82, 2.24) is 10.2 Å². The van der Waals surface area contributed by atoms with E-state index < -0.39 is 37.0 Å². The fraction of sp³-hybridized carbons (Fsp3) is 0.413. The molecule has 4 aromatic carbocycles. The number of ether oxygens (including phenoxy) is 2. The summed E-state index contributed by atoms with van der Waals surface area (Å²) >= 11 is 0. The molecule has 3 amide bonds. The van der Waals surface area contributed by atoms with Crippen molar-refractivity contribution in [3.8, 4) is 5.75 Å². The van der Waals surface area contributed by atoms with Crippen LogP contribution in [0.4, 0.5) is 17.1 Å². The van der Waals surface area contributed by atoms with Gasteiger partial charge in [-0.1, -0.05) is 67.6 Å². The summed E-state index contributed by atoms with van der Waals surface area (Å²) in [5.74, 6) is -0.289. The lowest BCUT2D eigenvalue weighted by molar-refractivity contribution is -0.150. The molecule has 13 heteroatoms. The van der Waals surface area contributed by atoms with E-state index in [2.05, 4.69) is 22.3 Å². The third-order valence-corrected chi connectivity index (χ3v) is 15.5. The van der Waals surface area contributed by atoms with E-state index in [4.69, 9.17) is 9.47 Å². The molecule has 12 nitrogen and oxygen atoms in total. The topological polar surface area (TPSA) is 135 Å². The maximum atomic E-state index is 15.1. The molecule has 3 saturated heterocycles. The van der Waals surface area contributed by atoms with Crippen LogP contribution >= 0.6 is 0 Å². The lowest BCUT2D eigenvalue weighted by Crippen LogP contribution is -2.55. The SMILES string of the molecule is COc1ccc2c(c1)[C@]1(O[C@@H](CC(=O)N(CCO)Cc3ccccc3)[C@H]([Si](C)(C)O)[C@H]1C)C(=O)N2Cc1ccc(N2CN(c3ccccc3)C3(CCNCC3)C2=O)cc1. The Kier molecular flexibility index (Phi) is 11.2. The van der Waals surface area contributed by atoms with E-state index in [1.54, 1.807) is 16.9 Å². The number of hydrogen-bond donors (Lipinski definition) is 3. The molecule has 4 aromatic rings. The average Bonchev–Trinajstić information content (AvgIpc) is 3.78. The summed E-state index contributed by atoms with van der Waals surface area (Å²) in [6.07, 6.45) is 0.641. The molecule has 0 aliphatic carbocycles. The van der Waals surface area contributed by atoms with E-state index >= 15 is 4.79 Å². The Bertz CT molecular complexity index is 2160. The number of carbonyl (C=O) groups is 3. The van der Waals surface area contributed by atoms with Gasteiger partial charge in [0.05, 0.1) is 45.1 Å². The van der Waals surface area contributed by atoms with Crippen LogP contribution in [0.2, 0.25) is 18.6 Å². The van der Waals surface area contributed by atoms with Gasteiger partial charge >= 0.3 is 0 Å². The first kappa shape index (κ1) is 40.7. The van der Waals surface area contributed by atoms with E-state index in [-0.39, 0.29) is 43.8 Å². The Hall–Kier alpha value is -5.05. The van der Waals surface area contributed by atoms with Crippen molar-refractivity contribution in [3.05, 3.63) is 120 Å². The first-order valence-corrected chi connectivity index (χ1v) is 23.7. The Morgan fingerprint density at radius 1 is 0.915 bits per heavy atom. The molecule has 0 saturated carbocycles. The van der Waals surface area contributed by atoms with Gasteiger partial charge in [0.1, 0.15) is 11.3 Å². The lowest BCUT2D eigenvalue weighted by Gasteiger charge is -2.39. The number of aliphatic hydroxyl groups excluding tert-OH is 1. The highest BCUT2D eigenvalue weighted by Crippen LogP contribution is 2.60. The monoisotopic (exact) mass is 817 g/mol. The van der Waals surface area contributed by atoms with E-state index in [1.165, 1.54) is 0 Å². The van der Waals surface area contributed by atoms with Crippen molar-refractivity contribution >= 4 is 43.1 Å². The zero-order valence-corrected chi connectivity index (χ0v) is 35.3. The molecule has 3 N–H and O–H groups in total. The summed E-state index contributed by atoms with van der Waals surface area (Å²) in [6.45, 7) is 8.13. The molecule has 8 rings (SSSR count). The van der Waals surface area contributed by atoms with Gasteiger partial charge in [-0.2, -0.15) is 0 Å². The number of para-hydroxylation sites is 1. The number of piperidine rings is 1. The van der Waals surface area contributed by atoms with Crippen molar-refractivity contribution < 1.29 is 33.8 Å². The standard InChI is InChI=1S/C46H55N5O7Si/c1-32-42(59(3,4)56)40(28-41(53)48(25-26-52)29-33-11-7-5-8-12-33)58-46(32)38-27-37(57-2)19-20-39(38)49(44(46)55)30-34-15-17-35(18-16-34)50-31-51(36-13-9-6-10-14-36)45(43(50)54)21-23-47-24-22-45/h5-20,27,32,40,42,47,52,56H,21-26,28-31H2,1-4H3/t32-,40+,42-,46+/m1/s1. The number of fused-ring (bicyclic) bond motifs is 2. The number of anilines is 3. The molecule has 0 bridgehead atoms. The van der Waals surface area contributed by atoms with Gasteiger partial charge in [0.25, 0.3) is 11.8 Å². The van der Waals surface area contributed by atoms with Gasteiger partial charge in [-0.25, -0.2) is 0 Å². The van der Waals surface area contributed by atoms with Crippen molar-refractivity contribution in [2.75, 3.05) is 54.7 Å². The molecule has 0 unspecified atom stereocenters. The largest absolute Gasteiger partial charge is 0.497 e. The summed E-state index contributed by atoms with van der Waals surface area (Å²) in [5.41, 5.74) is 2.41. The second kappa shape index (κ2) is 16.2. The maximum Gasteiger partial charge on any atom is 0.264 e. The number of hydrogen-bond acceptors (Lipinski definition) is 9. The molecule has 4 heterocycles. The van der Waals surface area contributed by atoms with Crippen LogP contribution in [0.5, 0.6) is 5.75 Å². The van der Waals surface area contributed by atoms with Crippen LogP contribution in [-0.2, 0) is 37.8 Å². The van der Waals surface area contributed by atoms with E-state index in [1.807, 2.05) is 116 Å². The van der Waals surface area contributed by atoms with E-state index in [0.29, 0.717) is 30.2 Å². The first-order valence-electron chi connectivity index (χ1n) is 20.7. The minimum absolute atomic E-state index is 0.0522. The number of benzene rings is 4. The van der Waals surface area contributed by atoms with Gasteiger partial charge in [-0.3, -0.25) is 19.3 Å². The number of methoxy groups -OCH3 is 1. The number of nitrogens with one attached hydrogen (secondary N) is 1. The van der Waals surface area contributed by atoms with Crippen LogP contribution in [0.1, 0.15) is 42.9 Å². The van der Waals surface area contributed by atoms with Crippen LogP contribution in [0, 0.1) is 5.92 Å². The predicted octanol–water partition coefficient (Wildman–Crippen LogP) is 5.38. The Labute approximate surface area is 347 Å². The molecular weight excluding hydrogens is 763 g/mol. The molecule has 3 fully saturated rings. The van der Waals surface area contributed by atoms with Gasteiger partial charge < -0.3 is 39.4 Å². The Morgan fingerprint density at radius 2 is 1.59 bits per heavy atom. The van der Waals surface area contributed by atoms with Crippen LogP contribution in [0.25, 0.3) is 0 Å². The second-order valence-electron chi connectivity index (χ2n) is 16.9. The van der Waals surface area contributed by atoms with Gasteiger partial charge in [-0.15, -0.1) is 0 Å². The third kappa shape index (κ3) is 7.22. The molecule has 0 aromatic heterocycles. The quantitative estimate of drug-likeness (QED) is 0.161. The number of aliphatic hydroxyl groups is 1. The minimum atomic E-state index is -3.06. The predicted molar refractivity (Wildman–Crippen MR) is 229 cm³/mol. The van der Waals surface area contributed by atoms with Gasteiger partial charge in [0, 0.05) is 41.5 Å². The molecule has 59 heavy (non-hydrogen) atoms. The highest BCUT2D eigenvalue weighted by atomic mass is 28.4. The van der Waals surface area contributed by atoms with E-state index in [0.717, 1.165) is 48.4 Å². The summed E-state index contributed by atoms with van der Waals surface area (Å²) in [4.78, 5) is 62.8. The smallest absolute Gasteiger partial charge is 0.264 e. The second-order valence-corrected chi connectivity index (χ2v) is 20.9. The fourth-order valence-electron chi connectivity index (χ4n) is 10.2. The van der Waals surface area contributed by atoms with E-state index in [9.17, 15) is 19.5 Å². The third-order valence-electron chi connectivity index (χ3n) is 13.0. The zero-order chi connectivity index (χ0) is 41.5. The molecule has 4 aliphatic heterocycles. The first-order chi connectivity index (χ1) is 28.4. The van der Waals surface area contributed by atoms with Crippen LogP contribution < -0.4 is 24.8 Å².